The summed E-state index contributed by atoms with van der Waals surface area (Å²) >= 11 is 0. The Morgan fingerprint density at radius 2 is 1.85 bits per heavy atom. The average Bonchev–Trinajstić information content (AvgIpc) is 2.59. The van der Waals surface area contributed by atoms with Crippen LogP contribution < -0.4 is 15.8 Å². The molecule has 7 heteroatoms. The molecule has 2 rings (SSSR count). The number of guanidine groups is 1. The largest absolute Gasteiger partial charge is 0.497 e. The van der Waals surface area contributed by atoms with Crippen LogP contribution in [-0.2, 0) is 11.3 Å². The summed E-state index contributed by atoms with van der Waals surface area (Å²) in [5, 5.41) is 3.01. The number of nitrogens with two attached hydrogens (primary N) is 1. The number of nitrogens with zero attached hydrogens (tertiary/aromatic N) is 1. The highest BCUT2D eigenvalue weighted by atomic mass is 127. The molecule has 0 aliphatic rings. The summed E-state index contributed by atoms with van der Waals surface area (Å²) in [6.45, 7) is 5.86. The number of benzene rings is 2. The summed E-state index contributed by atoms with van der Waals surface area (Å²) in [6, 6.07) is 14.6. The normalized spacial score (nSPS) is 11.3. The summed E-state index contributed by atoms with van der Waals surface area (Å²) in [6.07, 6.45) is 0. The Labute approximate surface area is 177 Å². The van der Waals surface area contributed by atoms with Crippen molar-refractivity contribution in [3.8, 4) is 5.75 Å². The van der Waals surface area contributed by atoms with Crippen molar-refractivity contribution in [1.82, 2.24) is 0 Å². The van der Waals surface area contributed by atoms with Crippen LogP contribution in [0.25, 0.3) is 0 Å². The number of carbonyl (C=O) groups excluding carboxylic acids is 1. The Morgan fingerprint density at radius 3 is 2.52 bits per heavy atom. The summed E-state index contributed by atoms with van der Waals surface area (Å²) in [7, 11) is 1.61. The van der Waals surface area contributed by atoms with Crippen LogP contribution in [0.15, 0.2) is 53.5 Å². The van der Waals surface area contributed by atoms with Crippen molar-refractivity contribution in [2.75, 3.05) is 12.4 Å². The van der Waals surface area contributed by atoms with Gasteiger partial charge in [0.25, 0.3) is 0 Å². The van der Waals surface area contributed by atoms with Gasteiger partial charge in [-0.25, -0.2) is 9.79 Å². The van der Waals surface area contributed by atoms with Crippen molar-refractivity contribution in [2.45, 2.75) is 32.9 Å². The molecule has 0 saturated heterocycles. The number of anilines is 1. The van der Waals surface area contributed by atoms with Crippen LogP contribution in [0.3, 0.4) is 0 Å². The first-order chi connectivity index (χ1) is 12.3. The molecule has 0 radical (unpaired) electrons. The van der Waals surface area contributed by atoms with Crippen molar-refractivity contribution in [3.05, 3.63) is 59.7 Å². The van der Waals surface area contributed by atoms with E-state index in [-0.39, 0.29) is 35.9 Å². The lowest BCUT2D eigenvalue weighted by Gasteiger charge is -2.19. The predicted molar refractivity (Wildman–Crippen MR) is 119 cm³/mol. The molecule has 0 fully saturated rings. The quantitative estimate of drug-likeness (QED) is 0.288. The van der Waals surface area contributed by atoms with Gasteiger partial charge < -0.3 is 20.5 Å². The lowest BCUT2D eigenvalue weighted by Crippen LogP contribution is -2.24. The molecule has 6 nitrogen and oxygen atoms in total. The first-order valence-electron chi connectivity index (χ1n) is 8.30. The van der Waals surface area contributed by atoms with Gasteiger partial charge >= 0.3 is 5.97 Å². The van der Waals surface area contributed by atoms with Crippen LogP contribution in [0.5, 0.6) is 5.75 Å². The molecule has 3 N–H and O–H groups in total. The number of hydrogen-bond acceptors (Lipinski definition) is 4. The van der Waals surface area contributed by atoms with Crippen LogP contribution in [0, 0.1) is 0 Å². The summed E-state index contributed by atoms with van der Waals surface area (Å²) in [5.41, 5.74) is 7.54. The number of rotatable bonds is 5. The van der Waals surface area contributed by atoms with E-state index in [2.05, 4.69) is 10.3 Å². The van der Waals surface area contributed by atoms with Crippen LogP contribution in [0.2, 0.25) is 0 Å². The number of methoxy groups -OCH3 is 1. The number of nitrogens with one attached hydrogen (secondary N) is 1. The molecule has 0 aliphatic heterocycles. The summed E-state index contributed by atoms with van der Waals surface area (Å²) in [4.78, 5) is 16.5. The van der Waals surface area contributed by atoms with Gasteiger partial charge in [-0.05, 0) is 50.6 Å². The van der Waals surface area contributed by atoms with Gasteiger partial charge in [-0.1, -0.05) is 18.2 Å². The van der Waals surface area contributed by atoms with Gasteiger partial charge in [0.1, 0.15) is 11.4 Å². The van der Waals surface area contributed by atoms with Crippen LogP contribution in [0.1, 0.15) is 36.7 Å². The second-order valence-electron chi connectivity index (χ2n) is 6.76. The molecule has 0 aliphatic carbocycles. The Morgan fingerprint density at radius 1 is 1.15 bits per heavy atom. The van der Waals surface area contributed by atoms with E-state index in [1.54, 1.807) is 25.3 Å². The maximum Gasteiger partial charge on any atom is 0.338 e. The molecule has 146 valence electrons. The van der Waals surface area contributed by atoms with Crippen LogP contribution in [-0.4, -0.2) is 24.6 Å². The minimum atomic E-state index is -0.531. The third-order valence-electron chi connectivity index (χ3n) is 3.34. The molecular formula is C20H26IN3O3. The maximum absolute atomic E-state index is 12.1. The fourth-order valence-electron chi connectivity index (χ4n) is 2.20. The fraction of sp³-hybridized carbons (Fsp3) is 0.300. The first-order valence-corrected chi connectivity index (χ1v) is 8.30. The highest BCUT2D eigenvalue weighted by Gasteiger charge is 2.17. The fourth-order valence-corrected chi connectivity index (χ4v) is 2.20. The number of aliphatic imine (C=N–C) groups is 1. The number of hydrogen-bond donors (Lipinski definition) is 2. The standard InChI is InChI=1S/C20H25N3O3.HI/c1-20(2,3)26-18(24)15-8-5-7-14(11-15)13-22-19(21)23-16-9-6-10-17(12-16)25-4;/h5-12H,13H2,1-4H3,(H3,21,22,23);1H. The second kappa shape index (κ2) is 10.1. The van der Waals surface area contributed by atoms with Gasteiger partial charge in [0.05, 0.1) is 19.2 Å². The van der Waals surface area contributed by atoms with E-state index in [0.717, 1.165) is 17.0 Å². The van der Waals surface area contributed by atoms with Crippen LogP contribution in [0.4, 0.5) is 5.69 Å². The molecule has 0 unspecified atom stereocenters. The summed E-state index contributed by atoms with van der Waals surface area (Å²) in [5.74, 6) is 0.652. The molecule has 0 atom stereocenters. The van der Waals surface area contributed by atoms with E-state index in [0.29, 0.717) is 12.1 Å². The van der Waals surface area contributed by atoms with Crippen LogP contribution >= 0.6 is 24.0 Å². The van der Waals surface area contributed by atoms with E-state index in [1.165, 1.54) is 0 Å². The molecule has 2 aromatic rings. The van der Waals surface area contributed by atoms with E-state index in [1.807, 2.05) is 51.1 Å². The summed E-state index contributed by atoms with van der Waals surface area (Å²) < 4.78 is 10.6. The van der Waals surface area contributed by atoms with E-state index in [4.69, 9.17) is 15.2 Å². The second-order valence-corrected chi connectivity index (χ2v) is 6.76. The van der Waals surface area contributed by atoms with Gasteiger partial charge in [-0.15, -0.1) is 24.0 Å². The third kappa shape index (κ3) is 7.86. The number of halogens is 1. The molecular weight excluding hydrogens is 457 g/mol. The third-order valence-corrected chi connectivity index (χ3v) is 3.34. The minimum Gasteiger partial charge on any atom is -0.497 e. The van der Waals surface area contributed by atoms with Gasteiger partial charge in [-0.3, -0.25) is 0 Å². The molecule has 0 saturated carbocycles. The van der Waals surface area contributed by atoms with Crippen molar-refractivity contribution >= 4 is 41.6 Å². The molecule has 0 amide bonds. The van der Waals surface area contributed by atoms with Crippen molar-refractivity contribution in [3.63, 3.8) is 0 Å². The SMILES string of the molecule is COc1cccc(NC(N)=NCc2cccc(C(=O)OC(C)(C)C)c2)c1.I. The van der Waals surface area contributed by atoms with Crippen molar-refractivity contribution in [2.24, 2.45) is 10.7 Å². The number of esters is 1. The first kappa shape index (κ1) is 22.8. The highest BCUT2D eigenvalue weighted by molar-refractivity contribution is 14.0. The zero-order valence-electron chi connectivity index (χ0n) is 16.0. The molecule has 27 heavy (non-hydrogen) atoms. The van der Waals surface area contributed by atoms with E-state index in [9.17, 15) is 4.79 Å². The van der Waals surface area contributed by atoms with Gasteiger partial charge in [0.2, 0.25) is 0 Å². The molecule has 0 bridgehead atoms. The Balaban J connectivity index is 0.00000364. The van der Waals surface area contributed by atoms with Crippen molar-refractivity contribution in [1.29, 1.82) is 0 Å². The Bertz CT molecular complexity index is 801. The number of ether oxygens (including phenoxy) is 2. The predicted octanol–water partition coefficient (Wildman–Crippen LogP) is 4.20. The lowest BCUT2D eigenvalue weighted by atomic mass is 10.1. The van der Waals surface area contributed by atoms with E-state index < -0.39 is 5.60 Å². The Kier molecular flexibility index (Phi) is 8.55. The lowest BCUT2D eigenvalue weighted by molar-refractivity contribution is 0.00694. The smallest absolute Gasteiger partial charge is 0.338 e. The molecule has 2 aromatic carbocycles. The topological polar surface area (TPSA) is 85.9 Å². The minimum absolute atomic E-state index is 0. The van der Waals surface area contributed by atoms with Gasteiger partial charge in [-0.2, -0.15) is 0 Å². The number of carbonyl (C=O) groups is 1. The average molecular weight is 483 g/mol. The highest BCUT2D eigenvalue weighted by Crippen LogP contribution is 2.17. The molecule has 0 heterocycles. The van der Waals surface area contributed by atoms with Gasteiger partial charge in [0.15, 0.2) is 5.96 Å². The zero-order chi connectivity index (χ0) is 19.2. The zero-order valence-corrected chi connectivity index (χ0v) is 18.3. The van der Waals surface area contributed by atoms with E-state index >= 15 is 0 Å². The molecule has 0 aromatic heterocycles. The maximum atomic E-state index is 12.1. The monoisotopic (exact) mass is 483 g/mol. The van der Waals surface area contributed by atoms with Crippen molar-refractivity contribution < 1.29 is 14.3 Å². The Hall–Kier alpha value is -2.29. The molecule has 0 spiro atoms. The van der Waals surface area contributed by atoms with Gasteiger partial charge in [0, 0.05) is 11.8 Å².